The van der Waals surface area contributed by atoms with E-state index in [1.54, 1.807) is 6.92 Å². The van der Waals surface area contributed by atoms with Crippen molar-refractivity contribution >= 4 is 5.97 Å². The first kappa shape index (κ1) is 7.50. The van der Waals surface area contributed by atoms with Crippen molar-refractivity contribution in [1.29, 1.82) is 0 Å². The van der Waals surface area contributed by atoms with Crippen molar-refractivity contribution in [3.05, 3.63) is 0 Å². The minimum atomic E-state index is -0.854. The summed E-state index contributed by atoms with van der Waals surface area (Å²) in [5, 5.41) is 8.40. The van der Waals surface area contributed by atoms with Crippen molar-refractivity contribution in [2.24, 2.45) is 0 Å². The summed E-state index contributed by atoms with van der Waals surface area (Å²) in [5.41, 5.74) is -0.605. The van der Waals surface area contributed by atoms with Crippen LogP contribution in [0.15, 0.2) is 0 Å². The summed E-state index contributed by atoms with van der Waals surface area (Å²) in [7, 11) is 0. The fourth-order valence-corrected chi connectivity index (χ4v) is 0.905. The summed E-state index contributed by atoms with van der Waals surface area (Å²) in [5.74, 6) is -0.854. The number of carbonyl (C=O) groups is 1. The van der Waals surface area contributed by atoms with E-state index in [0.717, 1.165) is 0 Å². The van der Waals surface area contributed by atoms with Gasteiger partial charge in [0.05, 0.1) is 13.0 Å². The van der Waals surface area contributed by atoms with Gasteiger partial charge in [-0.2, -0.15) is 0 Å². The maximum Gasteiger partial charge on any atom is 0.306 e. The average Bonchev–Trinajstić information content (AvgIpc) is 2.12. The van der Waals surface area contributed by atoms with Gasteiger partial charge >= 0.3 is 5.97 Å². The molecule has 1 N–H and O–H groups in total. The first-order valence-electron chi connectivity index (χ1n) is 3.06. The summed E-state index contributed by atoms with van der Waals surface area (Å²) >= 11 is 0. The Morgan fingerprint density at radius 3 is 2.90 bits per heavy atom. The van der Waals surface area contributed by atoms with Gasteiger partial charge in [-0.05, 0) is 6.92 Å². The molecule has 1 heterocycles. The number of carboxylic acid groups (broad SMARTS) is 1. The average molecular weight is 146 g/mol. The molecular formula is C6H10O4. The summed E-state index contributed by atoms with van der Waals surface area (Å²) in [4.78, 5) is 10.2. The van der Waals surface area contributed by atoms with Crippen LogP contribution >= 0.6 is 0 Å². The Morgan fingerprint density at radius 2 is 2.50 bits per heavy atom. The standard InChI is InChI=1S/C6H10O4/c1-6(2-5(7)8)3-9-4-10-6/h2-4H2,1H3,(H,7,8). The molecule has 0 saturated carbocycles. The van der Waals surface area contributed by atoms with E-state index in [2.05, 4.69) is 0 Å². The van der Waals surface area contributed by atoms with Crippen LogP contribution in [-0.2, 0) is 14.3 Å². The van der Waals surface area contributed by atoms with Gasteiger partial charge in [0, 0.05) is 0 Å². The van der Waals surface area contributed by atoms with Gasteiger partial charge < -0.3 is 14.6 Å². The molecule has 1 saturated heterocycles. The highest BCUT2D eigenvalue weighted by Gasteiger charge is 2.33. The summed E-state index contributed by atoms with van der Waals surface area (Å²) in [6.07, 6.45) is 0.00694. The van der Waals surface area contributed by atoms with Crippen molar-refractivity contribution < 1.29 is 19.4 Å². The van der Waals surface area contributed by atoms with Gasteiger partial charge in [-0.1, -0.05) is 0 Å². The van der Waals surface area contributed by atoms with Crippen LogP contribution in [0, 0.1) is 0 Å². The number of aliphatic carboxylic acids is 1. The molecule has 4 nitrogen and oxygen atoms in total. The molecule has 1 fully saturated rings. The van der Waals surface area contributed by atoms with Crippen LogP contribution in [0.2, 0.25) is 0 Å². The lowest BCUT2D eigenvalue weighted by Gasteiger charge is -2.17. The van der Waals surface area contributed by atoms with Crippen molar-refractivity contribution in [2.45, 2.75) is 18.9 Å². The third-order valence-electron chi connectivity index (χ3n) is 1.42. The van der Waals surface area contributed by atoms with E-state index in [1.807, 2.05) is 0 Å². The fourth-order valence-electron chi connectivity index (χ4n) is 0.905. The van der Waals surface area contributed by atoms with Crippen molar-refractivity contribution in [3.8, 4) is 0 Å². The van der Waals surface area contributed by atoms with E-state index in [0.29, 0.717) is 6.61 Å². The Balaban J connectivity index is 2.43. The lowest BCUT2D eigenvalue weighted by molar-refractivity contribution is -0.142. The fraction of sp³-hybridized carbons (Fsp3) is 0.833. The molecule has 0 aromatic carbocycles. The summed E-state index contributed by atoms with van der Waals surface area (Å²) < 4.78 is 9.92. The molecule has 4 heteroatoms. The Hall–Kier alpha value is -0.610. The molecule has 0 bridgehead atoms. The number of hydrogen-bond donors (Lipinski definition) is 1. The molecule has 1 rings (SSSR count). The van der Waals surface area contributed by atoms with Crippen LogP contribution in [0.25, 0.3) is 0 Å². The molecule has 1 atom stereocenters. The van der Waals surface area contributed by atoms with Gasteiger partial charge in [0.25, 0.3) is 0 Å². The monoisotopic (exact) mass is 146 g/mol. The van der Waals surface area contributed by atoms with Gasteiger partial charge in [0.15, 0.2) is 0 Å². The Kier molecular flexibility index (Phi) is 1.92. The smallest absolute Gasteiger partial charge is 0.306 e. The quantitative estimate of drug-likeness (QED) is 0.605. The number of rotatable bonds is 2. The van der Waals surface area contributed by atoms with Crippen LogP contribution in [-0.4, -0.2) is 30.1 Å². The van der Waals surface area contributed by atoms with E-state index < -0.39 is 11.6 Å². The van der Waals surface area contributed by atoms with E-state index >= 15 is 0 Å². The van der Waals surface area contributed by atoms with E-state index in [1.165, 1.54) is 0 Å². The second kappa shape index (κ2) is 2.56. The van der Waals surface area contributed by atoms with Crippen molar-refractivity contribution in [1.82, 2.24) is 0 Å². The molecule has 0 aromatic heterocycles. The third kappa shape index (κ3) is 1.68. The third-order valence-corrected chi connectivity index (χ3v) is 1.42. The summed E-state index contributed by atoms with van der Waals surface area (Å²) in [6.45, 7) is 2.32. The predicted molar refractivity (Wildman–Crippen MR) is 32.6 cm³/mol. The first-order chi connectivity index (χ1) is 4.62. The second-order valence-electron chi connectivity index (χ2n) is 2.63. The first-order valence-corrected chi connectivity index (χ1v) is 3.06. The van der Waals surface area contributed by atoms with Crippen molar-refractivity contribution in [3.63, 3.8) is 0 Å². The van der Waals surface area contributed by atoms with Crippen LogP contribution in [0.1, 0.15) is 13.3 Å². The minimum Gasteiger partial charge on any atom is -0.481 e. The molecule has 0 amide bonds. The highest BCUT2D eigenvalue weighted by molar-refractivity contribution is 5.68. The van der Waals surface area contributed by atoms with Crippen LogP contribution < -0.4 is 0 Å². The number of ether oxygens (including phenoxy) is 2. The topological polar surface area (TPSA) is 55.8 Å². The summed E-state index contributed by atoms with van der Waals surface area (Å²) in [6, 6.07) is 0. The molecule has 1 unspecified atom stereocenters. The number of hydrogen-bond acceptors (Lipinski definition) is 3. The van der Waals surface area contributed by atoms with Crippen molar-refractivity contribution in [2.75, 3.05) is 13.4 Å². The Morgan fingerprint density at radius 1 is 1.80 bits per heavy atom. The predicted octanol–water partition coefficient (Wildman–Crippen LogP) is 0.224. The molecule has 58 valence electrons. The normalized spacial score (nSPS) is 32.5. The van der Waals surface area contributed by atoms with Gasteiger partial charge in [0.1, 0.15) is 12.4 Å². The Labute approximate surface area is 58.7 Å². The maximum absolute atomic E-state index is 10.2. The van der Waals surface area contributed by atoms with Gasteiger partial charge in [-0.25, -0.2) is 0 Å². The van der Waals surface area contributed by atoms with E-state index in [-0.39, 0.29) is 13.2 Å². The molecular weight excluding hydrogens is 136 g/mol. The van der Waals surface area contributed by atoms with E-state index in [4.69, 9.17) is 14.6 Å². The number of carboxylic acids is 1. The lowest BCUT2D eigenvalue weighted by Crippen LogP contribution is -2.30. The van der Waals surface area contributed by atoms with Crippen LogP contribution in [0.5, 0.6) is 0 Å². The highest BCUT2D eigenvalue weighted by atomic mass is 16.7. The SMILES string of the molecule is CC1(CC(=O)O)COCO1. The van der Waals surface area contributed by atoms with Crippen LogP contribution in [0.3, 0.4) is 0 Å². The molecule has 0 aromatic rings. The highest BCUT2D eigenvalue weighted by Crippen LogP contribution is 2.21. The Bertz CT molecular complexity index is 137. The van der Waals surface area contributed by atoms with Gasteiger partial charge in [-0.15, -0.1) is 0 Å². The zero-order valence-corrected chi connectivity index (χ0v) is 5.79. The zero-order valence-electron chi connectivity index (χ0n) is 5.79. The molecule has 0 spiro atoms. The molecule has 0 aliphatic carbocycles. The maximum atomic E-state index is 10.2. The second-order valence-corrected chi connectivity index (χ2v) is 2.63. The lowest BCUT2D eigenvalue weighted by atomic mass is 10.0. The molecule has 1 aliphatic rings. The van der Waals surface area contributed by atoms with Gasteiger partial charge in [-0.3, -0.25) is 4.79 Å². The minimum absolute atomic E-state index is 0.00694. The largest absolute Gasteiger partial charge is 0.481 e. The molecule has 10 heavy (non-hydrogen) atoms. The van der Waals surface area contributed by atoms with E-state index in [9.17, 15) is 4.79 Å². The van der Waals surface area contributed by atoms with Gasteiger partial charge in [0.2, 0.25) is 0 Å². The molecule has 1 aliphatic heterocycles. The zero-order chi connectivity index (χ0) is 7.61. The molecule has 0 radical (unpaired) electrons. The van der Waals surface area contributed by atoms with Crippen LogP contribution in [0.4, 0.5) is 0 Å².